The van der Waals surface area contributed by atoms with Gasteiger partial charge in [0, 0.05) is 17.1 Å². The lowest BCUT2D eigenvalue weighted by atomic mass is 10.1. The minimum absolute atomic E-state index is 0. The number of anilines is 1. The van der Waals surface area contributed by atoms with Gasteiger partial charge in [-0.15, -0.1) is 12.4 Å². The van der Waals surface area contributed by atoms with Gasteiger partial charge in [-0.1, -0.05) is 15.9 Å². The van der Waals surface area contributed by atoms with Crippen LogP contribution in [0, 0.1) is 5.92 Å². The number of likely N-dealkylation sites (tertiary alicyclic amines) is 1. The Bertz CT molecular complexity index is 643. The maximum absolute atomic E-state index is 12.6. The summed E-state index contributed by atoms with van der Waals surface area (Å²) in [5, 5.41) is 0. The minimum Gasteiger partial charge on any atom is -0.482 e. The summed E-state index contributed by atoms with van der Waals surface area (Å²) in [5.74, 6) is 0.714. The molecule has 0 aliphatic carbocycles. The third-order valence-corrected chi connectivity index (χ3v) is 4.97. The van der Waals surface area contributed by atoms with E-state index in [-0.39, 0.29) is 43.4 Å². The minimum atomic E-state index is -0.199. The van der Waals surface area contributed by atoms with Crippen LogP contribution in [0.2, 0.25) is 0 Å². The van der Waals surface area contributed by atoms with Gasteiger partial charge in [0.2, 0.25) is 5.91 Å². The molecule has 3 rings (SSSR count). The number of halogens is 2. The first kappa shape index (κ1) is 19.0. The summed E-state index contributed by atoms with van der Waals surface area (Å²) in [7, 11) is 0. The molecule has 2 aliphatic heterocycles. The Morgan fingerprint density at radius 2 is 2.21 bits per heavy atom. The van der Waals surface area contributed by atoms with Gasteiger partial charge in [-0.2, -0.15) is 0 Å². The zero-order valence-electron chi connectivity index (χ0n) is 13.4. The number of rotatable bonds is 3. The van der Waals surface area contributed by atoms with E-state index in [1.165, 1.54) is 4.90 Å². The van der Waals surface area contributed by atoms with E-state index in [0.29, 0.717) is 30.4 Å². The second kappa shape index (κ2) is 7.72. The lowest BCUT2D eigenvalue weighted by Crippen LogP contribution is -2.47. The monoisotopic (exact) mass is 417 g/mol. The van der Waals surface area contributed by atoms with Crippen LogP contribution in [0.3, 0.4) is 0 Å². The van der Waals surface area contributed by atoms with Gasteiger partial charge in [-0.3, -0.25) is 14.5 Å². The van der Waals surface area contributed by atoms with Crippen molar-refractivity contribution in [1.82, 2.24) is 4.90 Å². The molecule has 2 atom stereocenters. The zero-order chi connectivity index (χ0) is 16.6. The van der Waals surface area contributed by atoms with Gasteiger partial charge in [-0.25, -0.2) is 0 Å². The first-order valence-electron chi connectivity index (χ1n) is 7.72. The molecule has 0 bridgehead atoms. The Kier molecular flexibility index (Phi) is 6.11. The number of carbonyl (C=O) groups is 2. The van der Waals surface area contributed by atoms with Crippen molar-refractivity contribution >= 4 is 45.8 Å². The number of carbonyl (C=O) groups excluding carboxylic acids is 2. The molecule has 0 saturated carbocycles. The average molecular weight is 419 g/mol. The van der Waals surface area contributed by atoms with E-state index in [1.807, 2.05) is 24.0 Å². The third-order valence-electron chi connectivity index (χ3n) is 4.47. The van der Waals surface area contributed by atoms with Crippen LogP contribution in [0.4, 0.5) is 5.69 Å². The van der Waals surface area contributed by atoms with Crippen LogP contribution >= 0.6 is 28.3 Å². The van der Waals surface area contributed by atoms with E-state index in [1.54, 1.807) is 6.07 Å². The van der Waals surface area contributed by atoms with Crippen molar-refractivity contribution in [3.05, 3.63) is 22.7 Å². The molecule has 6 nitrogen and oxygen atoms in total. The van der Waals surface area contributed by atoms with Gasteiger partial charge < -0.3 is 15.4 Å². The number of fused-ring (bicyclic) bond motifs is 1. The number of hydrogen-bond acceptors (Lipinski definition) is 4. The highest BCUT2D eigenvalue weighted by Crippen LogP contribution is 2.34. The summed E-state index contributed by atoms with van der Waals surface area (Å²) in [5.41, 5.74) is 6.36. The Balaban J connectivity index is 0.00000208. The van der Waals surface area contributed by atoms with Gasteiger partial charge in [0.25, 0.3) is 5.91 Å². The summed E-state index contributed by atoms with van der Waals surface area (Å²) in [6.45, 7) is 3.28. The van der Waals surface area contributed by atoms with Crippen LogP contribution in [-0.2, 0) is 9.59 Å². The van der Waals surface area contributed by atoms with Crippen LogP contribution in [0.25, 0.3) is 0 Å². The molecule has 1 saturated heterocycles. The second-order valence-electron chi connectivity index (χ2n) is 6.11. The fourth-order valence-electron chi connectivity index (χ4n) is 3.24. The fraction of sp³-hybridized carbons (Fsp3) is 0.500. The second-order valence-corrected chi connectivity index (χ2v) is 7.03. The quantitative estimate of drug-likeness (QED) is 0.812. The van der Waals surface area contributed by atoms with Gasteiger partial charge in [-0.05, 0) is 44.0 Å². The van der Waals surface area contributed by atoms with Crippen LogP contribution in [0.1, 0.15) is 13.3 Å². The van der Waals surface area contributed by atoms with Gasteiger partial charge in [0.15, 0.2) is 6.61 Å². The predicted molar refractivity (Wildman–Crippen MR) is 97.6 cm³/mol. The molecule has 0 spiro atoms. The van der Waals surface area contributed by atoms with E-state index in [4.69, 9.17) is 10.5 Å². The predicted octanol–water partition coefficient (Wildman–Crippen LogP) is 1.79. The SMILES string of the molecule is CC1CC(CN)CN1C(=O)CN1C(=O)COc2cc(Br)ccc21.Cl. The molecule has 2 amide bonds. The molecule has 2 aliphatic rings. The standard InChI is InChI=1S/C16H20BrN3O3.ClH/c1-10-4-11(6-18)7-19(10)15(21)8-20-13-3-2-12(17)5-14(13)23-9-16(20)22;/h2-3,5,10-11H,4,6-9,18H2,1H3;1H. The Morgan fingerprint density at radius 3 is 2.88 bits per heavy atom. The molecule has 1 aromatic rings. The molecular formula is C16H21BrClN3O3. The molecule has 1 aromatic carbocycles. The summed E-state index contributed by atoms with van der Waals surface area (Å²) in [6, 6.07) is 5.60. The number of hydrogen-bond donors (Lipinski definition) is 1. The first-order chi connectivity index (χ1) is 11.0. The normalized spacial score (nSPS) is 22.7. The topological polar surface area (TPSA) is 75.9 Å². The average Bonchev–Trinajstić information content (AvgIpc) is 2.91. The fourth-order valence-corrected chi connectivity index (χ4v) is 3.58. The van der Waals surface area contributed by atoms with E-state index in [9.17, 15) is 9.59 Å². The number of amides is 2. The molecule has 24 heavy (non-hydrogen) atoms. The molecule has 0 radical (unpaired) electrons. The van der Waals surface area contributed by atoms with Crippen molar-refractivity contribution in [2.75, 3.05) is 31.1 Å². The number of nitrogens with two attached hydrogens (primary N) is 1. The maximum atomic E-state index is 12.6. The molecule has 132 valence electrons. The van der Waals surface area contributed by atoms with E-state index in [0.717, 1.165) is 10.9 Å². The number of benzene rings is 1. The Hall–Kier alpha value is -1.31. The summed E-state index contributed by atoms with van der Waals surface area (Å²) in [4.78, 5) is 28.2. The highest BCUT2D eigenvalue weighted by Gasteiger charge is 2.34. The molecule has 8 heteroatoms. The van der Waals surface area contributed by atoms with E-state index < -0.39 is 0 Å². The summed E-state index contributed by atoms with van der Waals surface area (Å²) >= 11 is 3.38. The van der Waals surface area contributed by atoms with E-state index in [2.05, 4.69) is 15.9 Å². The van der Waals surface area contributed by atoms with Crippen molar-refractivity contribution in [2.45, 2.75) is 19.4 Å². The van der Waals surface area contributed by atoms with Gasteiger partial charge >= 0.3 is 0 Å². The molecule has 1 fully saturated rings. The van der Waals surface area contributed by atoms with E-state index >= 15 is 0 Å². The molecule has 2 N–H and O–H groups in total. The maximum Gasteiger partial charge on any atom is 0.265 e. The molecule has 2 heterocycles. The Morgan fingerprint density at radius 1 is 1.46 bits per heavy atom. The van der Waals surface area contributed by atoms with Crippen molar-refractivity contribution < 1.29 is 14.3 Å². The third kappa shape index (κ3) is 3.68. The lowest BCUT2D eigenvalue weighted by molar-refractivity contribution is -0.132. The van der Waals surface area contributed by atoms with Crippen LogP contribution in [0.5, 0.6) is 5.75 Å². The Labute approximate surface area is 155 Å². The largest absolute Gasteiger partial charge is 0.482 e. The van der Waals surface area contributed by atoms with Crippen LogP contribution < -0.4 is 15.4 Å². The smallest absolute Gasteiger partial charge is 0.265 e. The zero-order valence-corrected chi connectivity index (χ0v) is 15.8. The van der Waals surface area contributed by atoms with Crippen molar-refractivity contribution in [3.8, 4) is 5.75 Å². The van der Waals surface area contributed by atoms with Crippen molar-refractivity contribution in [3.63, 3.8) is 0 Å². The number of nitrogens with zero attached hydrogens (tertiary/aromatic N) is 2. The summed E-state index contributed by atoms with van der Waals surface area (Å²) in [6.07, 6.45) is 0.919. The highest BCUT2D eigenvalue weighted by molar-refractivity contribution is 9.10. The van der Waals surface area contributed by atoms with Gasteiger partial charge in [0.05, 0.1) is 5.69 Å². The molecular weight excluding hydrogens is 398 g/mol. The summed E-state index contributed by atoms with van der Waals surface area (Å²) < 4.78 is 6.32. The van der Waals surface area contributed by atoms with Gasteiger partial charge in [0.1, 0.15) is 12.3 Å². The van der Waals surface area contributed by atoms with Crippen LogP contribution in [-0.4, -0.2) is 49.0 Å². The first-order valence-corrected chi connectivity index (χ1v) is 8.51. The lowest BCUT2D eigenvalue weighted by Gasteiger charge is -2.31. The van der Waals surface area contributed by atoms with Crippen molar-refractivity contribution in [2.24, 2.45) is 11.7 Å². The highest BCUT2D eigenvalue weighted by atomic mass is 79.9. The van der Waals surface area contributed by atoms with Crippen molar-refractivity contribution in [1.29, 1.82) is 0 Å². The van der Waals surface area contributed by atoms with Crippen LogP contribution in [0.15, 0.2) is 22.7 Å². The molecule has 0 aromatic heterocycles. The molecule has 2 unspecified atom stereocenters. The number of ether oxygens (including phenoxy) is 1.